The van der Waals surface area contributed by atoms with Gasteiger partial charge in [-0.3, -0.25) is 0 Å². The van der Waals surface area contributed by atoms with Gasteiger partial charge >= 0.3 is 0 Å². The van der Waals surface area contributed by atoms with E-state index >= 15 is 0 Å². The average Bonchev–Trinajstić information content (AvgIpc) is 2.81. The van der Waals surface area contributed by atoms with Crippen molar-refractivity contribution in [3.63, 3.8) is 0 Å². The number of aryl methyl sites for hydroxylation is 1. The molecule has 1 aliphatic rings. The molecule has 6 heteroatoms. The molecule has 2 rings (SSSR count). The van der Waals surface area contributed by atoms with Gasteiger partial charge < -0.3 is 0 Å². The van der Waals surface area contributed by atoms with Gasteiger partial charge in [0.15, 0.2) is 0 Å². The molecule has 0 spiro atoms. The van der Waals surface area contributed by atoms with Crippen LogP contribution < -0.4 is 0 Å². The Kier molecular flexibility index (Phi) is 4.84. The Labute approximate surface area is 131 Å². The maximum Gasteiger partial charge on any atom is 0.244 e. The molecule has 114 valence electrons. The van der Waals surface area contributed by atoms with Gasteiger partial charge in [0.1, 0.15) is 4.90 Å². The highest BCUT2D eigenvalue weighted by Crippen LogP contribution is 2.37. The molecule has 0 aromatic carbocycles. The van der Waals surface area contributed by atoms with Crippen molar-refractivity contribution in [3.05, 3.63) is 15.8 Å². The fourth-order valence-corrected chi connectivity index (χ4v) is 6.13. The van der Waals surface area contributed by atoms with Crippen molar-refractivity contribution >= 4 is 33.0 Å². The highest BCUT2D eigenvalue weighted by Gasteiger charge is 2.36. The third-order valence-electron chi connectivity index (χ3n) is 4.49. The van der Waals surface area contributed by atoms with E-state index in [-0.39, 0.29) is 11.3 Å². The Hall–Kier alpha value is -0.100. The van der Waals surface area contributed by atoms with Crippen LogP contribution in [0.25, 0.3) is 0 Å². The normalized spacial score (nSPS) is 20.2. The van der Waals surface area contributed by atoms with Crippen LogP contribution in [0.5, 0.6) is 0 Å². The van der Waals surface area contributed by atoms with Crippen molar-refractivity contribution in [1.29, 1.82) is 0 Å². The molecule has 0 amide bonds. The largest absolute Gasteiger partial charge is 0.244 e. The van der Waals surface area contributed by atoms with Gasteiger partial charge in [0.25, 0.3) is 0 Å². The van der Waals surface area contributed by atoms with E-state index in [0.717, 1.165) is 29.7 Å². The number of sulfonamides is 1. The minimum atomic E-state index is -3.39. The number of halogens is 1. The summed E-state index contributed by atoms with van der Waals surface area (Å²) in [5, 5.41) is 1.88. The molecule has 0 unspecified atom stereocenters. The van der Waals surface area contributed by atoms with Crippen molar-refractivity contribution in [3.8, 4) is 0 Å². The molecule has 0 aliphatic carbocycles. The number of rotatable bonds is 4. The van der Waals surface area contributed by atoms with Crippen LogP contribution in [-0.2, 0) is 15.9 Å². The smallest absolute Gasteiger partial charge is 0.207 e. The summed E-state index contributed by atoms with van der Waals surface area (Å²) in [6, 6.07) is 0. The van der Waals surface area contributed by atoms with Crippen molar-refractivity contribution in [2.45, 2.75) is 50.8 Å². The maximum absolute atomic E-state index is 12.8. The van der Waals surface area contributed by atoms with Crippen LogP contribution in [0.15, 0.2) is 10.3 Å². The topological polar surface area (TPSA) is 37.4 Å². The molecule has 1 saturated heterocycles. The first-order valence-electron chi connectivity index (χ1n) is 6.97. The SMILES string of the molecule is CCC1(C)CCN(S(=O)(=O)c2c(C)csc2CCl)CC1. The van der Waals surface area contributed by atoms with Gasteiger partial charge in [-0.2, -0.15) is 4.31 Å². The second-order valence-electron chi connectivity index (χ2n) is 5.87. The number of piperidine rings is 1. The number of alkyl halides is 1. The van der Waals surface area contributed by atoms with Gasteiger partial charge in [-0.15, -0.1) is 22.9 Å². The van der Waals surface area contributed by atoms with Gasteiger partial charge in [0, 0.05) is 18.0 Å². The van der Waals surface area contributed by atoms with Gasteiger partial charge in [-0.05, 0) is 36.1 Å². The van der Waals surface area contributed by atoms with Crippen LogP contribution in [0, 0.1) is 12.3 Å². The van der Waals surface area contributed by atoms with Gasteiger partial charge in [-0.25, -0.2) is 8.42 Å². The third kappa shape index (κ3) is 2.91. The summed E-state index contributed by atoms with van der Waals surface area (Å²) in [6.07, 6.45) is 2.97. The zero-order chi connectivity index (χ0) is 15.0. The third-order valence-corrected chi connectivity index (χ3v) is 8.28. The number of nitrogens with zero attached hydrogens (tertiary/aromatic N) is 1. The van der Waals surface area contributed by atoms with Crippen molar-refractivity contribution in [2.75, 3.05) is 13.1 Å². The molecular weight excluding hydrogens is 314 g/mol. The van der Waals surface area contributed by atoms with E-state index in [1.165, 1.54) is 11.3 Å². The highest BCUT2D eigenvalue weighted by atomic mass is 35.5. The molecule has 1 fully saturated rings. The molecule has 0 bridgehead atoms. The Morgan fingerprint density at radius 3 is 2.50 bits per heavy atom. The summed E-state index contributed by atoms with van der Waals surface area (Å²) in [6.45, 7) is 7.50. The molecule has 20 heavy (non-hydrogen) atoms. The second-order valence-corrected chi connectivity index (χ2v) is 8.98. The standard InChI is InChI=1S/C14H22ClNO2S2/c1-4-14(3)5-7-16(8-6-14)20(17,18)13-11(2)10-19-12(13)9-15/h10H,4-9H2,1-3H3. The van der Waals surface area contributed by atoms with E-state index in [1.54, 1.807) is 4.31 Å². The predicted octanol–water partition coefficient (Wildman–Crippen LogP) is 4.00. The van der Waals surface area contributed by atoms with Crippen LogP contribution in [-0.4, -0.2) is 25.8 Å². The number of hydrogen-bond donors (Lipinski definition) is 0. The summed E-state index contributed by atoms with van der Waals surface area (Å²) in [4.78, 5) is 1.20. The highest BCUT2D eigenvalue weighted by molar-refractivity contribution is 7.89. The first-order chi connectivity index (χ1) is 9.34. The Balaban J connectivity index is 2.26. The maximum atomic E-state index is 12.8. The Bertz CT molecular complexity index is 572. The fourth-order valence-electron chi connectivity index (χ4n) is 2.67. The zero-order valence-corrected chi connectivity index (χ0v) is 14.7. The molecular formula is C14H22ClNO2S2. The molecule has 1 aliphatic heterocycles. The minimum absolute atomic E-state index is 0.258. The summed E-state index contributed by atoms with van der Waals surface area (Å²) in [5.41, 5.74) is 1.10. The first-order valence-corrected chi connectivity index (χ1v) is 9.82. The number of thiophene rings is 1. The molecule has 0 radical (unpaired) electrons. The van der Waals surface area contributed by atoms with Crippen LogP contribution in [0.4, 0.5) is 0 Å². The lowest BCUT2D eigenvalue weighted by atomic mass is 9.79. The Morgan fingerprint density at radius 1 is 1.40 bits per heavy atom. The lowest BCUT2D eigenvalue weighted by molar-refractivity contribution is 0.169. The van der Waals surface area contributed by atoms with Crippen LogP contribution >= 0.6 is 22.9 Å². The van der Waals surface area contributed by atoms with E-state index in [4.69, 9.17) is 11.6 Å². The van der Waals surface area contributed by atoms with Crippen molar-refractivity contribution in [2.24, 2.45) is 5.41 Å². The van der Waals surface area contributed by atoms with Gasteiger partial charge in [0.2, 0.25) is 10.0 Å². The molecule has 0 saturated carbocycles. The Morgan fingerprint density at radius 2 is 2.00 bits per heavy atom. The average molecular weight is 336 g/mol. The van der Waals surface area contributed by atoms with E-state index in [9.17, 15) is 8.42 Å². The summed E-state index contributed by atoms with van der Waals surface area (Å²) in [5.74, 6) is 0.258. The fraction of sp³-hybridized carbons (Fsp3) is 0.714. The minimum Gasteiger partial charge on any atom is -0.207 e. The van der Waals surface area contributed by atoms with E-state index < -0.39 is 10.0 Å². The zero-order valence-electron chi connectivity index (χ0n) is 12.3. The van der Waals surface area contributed by atoms with E-state index in [2.05, 4.69) is 13.8 Å². The molecule has 2 heterocycles. The van der Waals surface area contributed by atoms with E-state index in [1.807, 2.05) is 12.3 Å². The molecule has 3 nitrogen and oxygen atoms in total. The molecule has 1 aromatic heterocycles. The van der Waals surface area contributed by atoms with Gasteiger partial charge in [0.05, 0.1) is 5.88 Å². The summed E-state index contributed by atoms with van der Waals surface area (Å²) < 4.78 is 27.3. The first kappa shape index (κ1) is 16.3. The predicted molar refractivity (Wildman–Crippen MR) is 85.0 cm³/mol. The van der Waals surface area contributed by atoms with Crippen LogP contribution in [0.1, 0.15) is 43.6 Å². The van der Waals surface area contributed by atoms with Crippen LogP contribution in [0.2, 0.25) is 0 Å². The van der Waals surface area contributed by atoms with E-state index in [0.29, 0.717) is 18.0 Å². The molecule has 1 aromatic rings. The molecule has 0 atom stereocenters. The second kappa shape index (κ2) is 5.95. The quantitative estimate of drug-likeness (QED) is 0.780. The van der Waals surface area contributed by atoms with Crippen molar-refractivity contribution < 1.29 is 8.42 Å². The van der Waals surface area contributed by atoms with Crippen molar-refractivity contribution in [1.82, 2.24) is 4.31 Å². The lowest BCUT2D eigenvalue weighted by Crippen LogP contribution is -2.42. The monoisotopic (exact) mass is 335 g/mol. The van der Waals surface area contributed by atoms with Crippen LogP contribution in [0.3, 0.4) is 0 Å². The number of hydrogen-bond acceptors (Lipinski definition) is 3. The lowest BCUT2D eigenvalue weighted by Gasteiger charge is -2.38. The summed E-state index contributed by atoms with van der Waals surface area (Å²) >= 11 is 7.32. The molecule has 0 N–H and O–H groups in total. The summed E-state index contributed by atoms with van der Waals surface area (Å²) in [7, 11) is -3.39. The van der Waals surface area contributed by atoms with Gasteiger partial charge in [-0.1, -0.05) is 20.3 Å².